The summed E-state index contributed by atoms with van der Waals surface area (Å²) in [5, 5.41) is 0. The molecule has 0 aromatic carbocycles. The lowest BCUT2D eigenvalue weighted by Gasteiger charge is -2.27. The number of nitrogens with zero attached hydrogens (tertiary/aromatic N) is 5. The molecule has 1 saturated heterocycles. The van der Waals surface area contributed by atoms with Gasteiger partial charge in [-0.2, -0.15) is 0 Å². The fraction of sp³-hybridized carbons (Fsp3) is 0.412. The van der Waals surface area contributed by atoms with Gasteiger partial charge in [0.25, 0.3) is 5.89 Å². The van der Waals surface area contributed by atoms with E-state index < -0.39 is 5.82 Å². The first-order valence-corrected chi connectivity index (χ1v) is 8.21. The minimum atomic E-state index is -0.478. The summed E-state index contributed by atoms with van der Waals surface area (Å²) >= 11 is 0. The lowest BCUT2D eigenvalue weighted by Crippen LogP contribution is -2.37. The Hall–Kier alpha value is -2.61. The van der Waals surface area contributed by atoms with Crippen LogP contribution in [0.2, 0.25) is 0 Å². The van der Waals surface area contributed by atoms with E-state index >= 15 is 0 Å². The van der Waals surface area contributed by atoms with Crippen LogP contribution in [0.25, 0.3) is 11.7 Å². The van der Waals surface area contributed by atoms with Gasteiger partial charge in [0.05, 0.1) is 25.1 Å². The van der Waals surface area contributed by atoms with Crippen LogP contribution < -0.4 is 4.90 Å². The number of hydrogen-bond donors (Lipinski definition) is 0. The molecule has 2 aromatic rings. The number of allylic oxidation sites excluding steroid dienone is 1. The second kappa shape index (κ2) is 7.98. The number of oxazole rings is 1. The summed E-state index contributed by atoms with van der Waals surface area (Å²) in [6.45, 7) is 8.70. The molecule has 25 heavy (non-hydrogen) atoms. The molecule has 8 heteroatoms. The third-order valence-corrected chi connectivity index (χ3v) is 3.69. The highest BCUT2D eigenvalue weighted by molar-refractivity contribution is 6.07. The molecule has 0 saturated carbocycles. The van der Waals surface area contributed by atoms with Gasteiger partial charge in [0.15, 0.2) is 11.6 Å². The van der Waals surface area contributed by atoms with Crippen LogP contribution in [-0.4, -0.2) is 53.5 Å². The van der Waals surface area contributed by atoms with Gasteiger partial charge in [-0.1, -0.05) is 13.5 Å². The van der Waals surface area contributed by atoms with Crippen molar-refractivity contribution in [3.05, 3.63) is 36.6 Å². The highest BCUT2D eigenvalue weighted by Crippen LogP contribution is 2.22. The number of hydrogen-bond acceptors (Lipinski definition) is 7. The first-order valence-electron chi connectivity index (χ1n) is 8.21. The number of rotatable bonds is 6. The van der Waals surface area contributed by atoms with Gasteiger partial charge in [-0.25, -0.2) is 19.3 Å². The van der Waals surface area contributed by atoms with Crippen LogP contribution in [0.1, 0.15) is 19.0 Å². The quantitative estimate of drug-likeness (QED) is 0.749. The normalized spacial score (nSPS) is 15.4. The molecule has 0 radical (unpaired) electrons. The summed E-state index contributed by atoms with van der Waals surface area (Å²) in [7, 11) is 0. The molecule has 1 fully saturated rings. The maximum absolute atomic E-state index is 14.1. The molecule has 0 aliphatic carbocycles. The highest BCUT2D eigenvalue weighted by atomic mass is 19.1. The monoisotopic (exact) mass is 345 g/mol. The number of aromatic nitrogens is 3. The van der Waals surface area contributed by atoms with Crippen molar-refractivity contribution in [1.29, 1.82) is 0 Å². The molecule has 0 atom stereocenters. The van der Waals surface area contributed by atoms with Crippen LogP contribution in [0.5, 0.6) is 0 Å². The van der Waals surface area contributed by atoms with Gasteiger partial charge in [-0.3, -0.25) is 4.99 Å². The minimum Gasteiger partial charge on any atom is -0.441 e. The lowest BCUT2D eigenvalue weighted by atomic mass is 10.3. The summed E-state index contributed by atoms with van der Waals surface area (Å²) in [4.78, 5) is 18.9. The SMILES string of the molecule is C=CC(=NCCC)c1coc(-c2ncc(F)c(N3CCOCC3)n2)n1. The van der Waals surface area contributed by atoms with E-state index in [9.17, 15) is 4.39 Å². The molecule has 3 heterocycles. The van der Waals surface area contributed by atoms with E-state index in [2.05, 4.69) is 26.5 Å². The van der Waals surface area contributed by atoms with E-state index in [1.807, 2.05) is 11.8 Å². The Morgan fingerprint density at radius 3 is 2.92 bits per heavy atom. The van der Waals surface area contributed by atoms with Gasteiger partial charge in [-0.15, -0.1) is 0 Å². The molecule has 1 aliphatic heterocycles. The Bertz CT molecular complexity index is 768. The Labute approximate surface area is 145 Å². The second-order valence-corrected chi connectivity index (χ2v) is 5.47. The number of aliphatic imine (C=N–C) groups is 1. The molecule has 0 unspecified atom stereocenters. The van der Waals surface area contributed by atoms with Crippen LogP contribution in [0, 0.1) is 5.82 Å². The van der Waals surface area contributed by atoms with Crippen molar-refractivity contribution in [2.45, 2.75) is 13.3 Å². The fourth-order valence-corrected chi connectivity index (χ4v) is 2.43. The Morgan fingerprint density at radius 2 is 2.20 bits per heavy atom. The van der Waals surface area contributed by atoms with Crippen molar-refractivity contribution in [2.24, 2.45) is 4.99 Å². The molecule has 7 nitrogen and oxygen atoms in total. The van der Waals surface area contributed by atoms with Crippen LogP contribution >= 0.6 is 0 Å². The molecule has 0 spiro atoms. The first kappa shape index (κ1) is 17.2. The molecule has 0 amide bonds. The van der Waals surface area contributed by atoms with Crippen molar-refractivity contribution in [2.75, 3.05) is 37.7 Å². The third-order valence-electron chi connectivity index (χ3n) is 3.69. The molecule has 0 N–H and O–H groups in total. The van der Waals surface area contributed by atoms with Gasteiger partial charge in [0.2, 0.25) is 5.82 Å². The van der Waals surface area contributed by atoms with Crippen LogP contribution in [0.4, 0.5) is 10.2 Å². The third kappa shape index (κ3) is 3.90. The number of halogens is 1. The summed E-state index contributed by atoms with van der Waals surface area (Å²) < 4.78 is 24.9. The fourth-order valence-electron chi connectivity index (χ4n) is 2.43. The number of ether oxygens (including phenoxy) is 1. The molecule has 1 aliphatic rings. The van der Waals surface area contributed by atoms with Gasteiger partial charge in [0, 0.05) is 19.6 Å². The van der Waals surface area contributed by atoms with Gasteiger partial charge in [0.1, 0.15) is 12.0 Å². The van der Waals surface area contributed by atoms with Gasteiger partial charge >= 0.3 is 0 Å². The summed E-state index contributed by atoms with van der Waals surface area (Å²) in [6, 6.07) is 0. The van der Waals surface area contributed by atoms with Crippen molar-refractivity contribution >= 4 is 11.5 Å². The molecular weight excluding hydrogens is 325 g/mol. The number of morpholine rings is 1. The predicted octanol–water partition coefficient (Wildman–Crippen LogP) is 2.49. The molecule has 2 aromatic heterocycles. The highest BCUT2D eigenvalue weighted by Gasteiger charge is 2.20. The van der Waals surface area contributed by atoms with Crippen molar-refractivity contribution in [1.82, 2.24) is 15.0 Å². The first-order chi connectivity index (χ1) is 12.2. The van der Waals surface area contributed by atoms with Crippen molar-refractivity contribution < 1.29 is 13.5 Å². The van der Waals surface area contributed by atoms with Crippen LogP contribution in [-0.2, 0) is 4.74 Å². The predicted molar refractivity (Wildman–Crippen MR) is 92.4 cm³/mol. The molecule has 132 valence electrons. The lowest BCUT2D eigenvalue weighted by molar-refractivity contribution is 0.122. The van der Waals surface area contributed by atoms with E-state index in [4.69, 9.17) is 9.15 Å². The van der Waals surface area contributed by atoms with E-state index in [0.29, 0.717) is 44.3 Å². The smallest absolute Gasteiger partial charge is 0.265 e. The zero-order valence-electron chi connectivity index (χ0n) is 14.1. The minimum absolute atomic E-state index is 0.218. The topological polar surface area (TPSA) is 76.6 Å². The average Bonchev–Trinajstić information content (AvgIpc) is 3.13. The summed E-state index contributed by atoms with van der Waals surface area (Å²) in [5.41, 5.74) is 1.20. The zero-order chi connectivity index (χ0) is 17.6. The Balaban J connectivity index is 1.88. The maximum Gasteiger partial charge on any atom is 0.265 e. The van der Waals surface area contributed by atoms with Gasteiger partial charge in [-0.05, 0) is 12.5 Å². The largest absolute Gasteiger partial charge is 0.441 e. The second-order valence-electron chi connectivity index (χ2n) is 5.47. The molecule has 3 rings (SSSR count). The van der Waals surface area contributed by atoms with E-state index in [1.165, 1.54) is 6.26 Å². The standard InChI is InChI=1S/C17H20FN5O2/c1-3-5-19-13(4-2)14-11-25-17(21-14)15-20-10-12(18)16(22-15)23-6-8-24-9-7-23/h4,10-11H,2-3,5-9H2,1H3. The van der Waals surface area contributed by atoms with E-state index in [1.54, 1.807) is 6.08 Å². The Morgan fingerprint density at radius 1 is 1.40 bits per heavy atom. The van der Waals surface area contributed by atoms with E-state index in [0.717, 1.165) is 12.6 Å². The Kier molecular flexibility index (Phi) is 5.49. The summed E-state index contributed by atoms with van der Waals surface area (Å²) in [6.07, 6.45) is 5.16. The maximum atomic E-state index is 14.1. The van der Waals surface area contributed by atoms with Gasteiger partial charge < -0.3 is 14.1 Å². The molecular formula is C17H20FN5O2. The molecule has 0 bridgehead atoms. The summed E-state index contributed by atoms with van der Waals surface area (Å²) in [5.74, 6) is 0.203. The van der Waals surface area contributed by atoms with Crippen molar-refractivity contribution in [3.63, 3.8) is 0 Å². The van der Waals surface area contributed by atoms with Crippen molar-refractivity contribution in [3.8, 4) is 11.7 Å². The average molecular weight is 345 g/mol. The van der Waals surface area contributed by atoms with Crippen LogP contribution in [0.3, 0.4) is 0 Å². The van der Waals surface area contributed by atoms with Crippen LogP contribution in [0.15, 0.2) is 34.5 Å². The van der Waals surface area contributed by atoms with E-state index in [-0.39, 0.29) is 17.5 Å². The number of anilines is 1. The zero-order valence-corrected chi connectivity index (χ0v) is 14.1.